The molecule has 0 bridgehead atoms. The first kappa shape index (κ1) is 19.0. The van der Waals surface area contributed by atoms with Crippen LogP contribution in [0.3, 0.4) is 0 Å². The normalized spacial score (nSPS) is 11.4. The van der Waals surface area contributed by atoms with E-state index in [0.29, 0.717) is 5.75 Å². The Morgan fingerprint density at radius 1 is 0.517 bits per heavy atom. The average Bonchev–Trinajstić information content (AvgIpc) is 2.74. The van der Waals surface area contributed by atoms with Crippen LogP contribution < -0.4 is 0 Å². The molecule has 0 spiro atoms. The number of hydrogen-bond donors (Lipinski definition) is 1. The van der Waals surface area contributed by atoms with Gasteiger partial charge in [-0.25, -0.2) is 0 Å². The average molecular weight is 379 g/mol. The molecule has 0 unspecified atom stereocenters. The van der Waals surface area contributed by atoms with Crippen molar-refractivity contribution in [2.75, 3.05) is 0 Å². The molecule has 0 aliphatic carbocycles. The van der Waals surface area contributed by atoms with Gasteiger partial charge < -0.3 is 5.11 Å². The van der Waals surface area contributed by atoms with Crippen molar-refractivity contribution < 1.29 is 5.11 Å². The largest absolute Gasteiger partial charge is 0.507 e. The van der Waals surface area contributed by atoms with Crippen molar-refractivity contribution in [2.24, 2.45) is 0 Å². The second-order valence-corrected chi connectivity index (χ2v) is 8.51. The van der Waals surface area contributed by atoms with Gasteiger partial charge in [-0.15, -0.1) is 0 Å². The van der Waals surface area contributed by atoms with Gasteiger partial charge in [0.1, 0.15) is 5.75 Å². The molecule has 0 aliphatic rings. The number of phenolic OH excluding ortho intramolecular Hbond substituents is 1. The van der Waals surface area contributed by atoms with Crippen molar-refractivity contribution in [2.45, 2.75) is 26.2 Å². The van der Waals surface area contributed by atoms with E-state index in [0.717, 1.165) is 33.4 Å². The van der Waals surface area contributed by atoms with Gasteiger partial charge in [0.05, 0.1) is 0 Å². The molecule has 29 heavy (non-hydrogen) atoms. The van der Waals surface area contributed by atoms with Crippen molar-refractivity contribution in [1.29, 1.82) is 0 Å². The minimum absolute atomic E-state index is 0.0156. The predicted molar refractivity (Wildman–Crippen MR) is 123 cm³/mol. The maximum Gasteiger partial charge on any atom is 0.123 e. The first-order valence-corrected chi connectivity index (χ1v) is 10.0. The zero-order valence-electron chi connectivity index (χ0n) is 17.2. The molecular formula is C28H26O. The Hall–Kier alpha value is -3.32. The van der Waals surface area contributed by atoms with Gasteiger partial charge in [0.25, 0.3) is 0 Å². The lowest BCUT2D eigenvalue weighted by atomic mass is 9.84. The zero-order valence-corrected chi connectivity index (χ0v) is 17.2. The highest BCUT2D eigenvalue weighted by Gasteiger charge is 2.17. The van der Waals surface area contributed by atoms with Crippen LogP contribution in [0.25, 0.3) is 33.4 Å². The molecule has 4 aromatic carbocycles. The van der Waals surface area contributed by atoms with E-state index in [2.05, 4.69) is 93.6 Å². The van der Waals surface area contributed by atoms with Crippen LogP contribution in [0.15, 0.2) is 97.1 Å². The van der Waals surface area contributed by atoms with Gasteiger partial charge in [-0.3, -0.25) is 0 Å². The Labute approximate surface area is 173 Å². The summed E-state index contributed by atoms with van der Waals surface area (Å²) in [6.07, 6.45) is 0. The lowest BCUT2D eigenvalue weighted by molar-refractivity contribution is 0.476. The molecule has 1 N–H and O–H groups in total. The third kappa shape index (κ3) is 4.09. The van der Waals surface area contributed by atoms with Crippen LogP contribution in [0.4, 0.5) is 0 Å². The van der Waals surface area contributed by atoms with Gasteiger partial charge in [0, 0.05) is 5.56 Å². The van der Waals surface area contributed by atoms with Crippen molar-refractivity contribution >= 4 is 0 Å². The van der Waals surface area contributed by atoms with Crippen LogP contribution >= 0.6 is 0 Å². The number of aromatic hydroxyl groups is 1. The first-order valence-electron chi connectivity index (χ1n) is 10.0. The molecule has 1 nitrogen and oxygen atoms in total. The Morgan fingerprint density at radius 2 is 1.00 bits per heavy atom. The number of hydrogen-bond acceptors (Lipinski definition) is 1. The van der Waals surface area contributed by atoms with Gasteiger partial charge in [-0.2, -0.15) is 0 Å². The minimum Gasteiger partial charge on any atom is -0.507 e. The Kier molecular flexibility index (Phi) is 4.98. The Morgan fingerprint density at radius 3 is 1.48 bits per heavy atom. The summed E-state index contributed by atoms with van der Waals surface area (Å²) in [6.45, 7) is 6.58. The number of phenols is 1. The van der Waals surface area contributed by atoms with E-state index in [-0.39, 0.29) is 5.41 Å². The van der Waals surface area contributed by atoms with Gasteiger partial charge in [-0.1, -0.05) is 87.5 Å². The minimum atomic E-state index is 0.0156. The molecule has 4 aromatic rings. The molecule has 0 saturated carbocycles. The molecular weight excluding hydrogens is 352 g/mol. The predicted octanol–water partition coefficient (Wildman–Crippen LogP) is 7.69. The van der Waals surface area contributed by atoms with Crippen LogP contribution in [0, 0.1) is 0 Å². The fourth-order valence-electron chi connectivity index (χ4n) is 3.61. The van der Waals surface area contributed by atoms with Crippen LogP contribution in [-0.4, -0.2) is 5.11 Å². The molecule has 0 aromatic heterocycles. The summed E-state index contributed by atoms with van der Waals surface area (Å²) in [5.74, 6) is 0.308. The summed E-state index contributed by atoms with van der Waals surface area (Å²) in [5, 5.41) is 10.7. The van der Waals surface area contributed by atoms with E-state index in [9.17, 15) is 5.11 Å². The van der Waals surface area contributed by atoms with Crippen molar-refractivity contribution in [3.8, 4) is 39.1 Å². The van der Waals surface area contributed by atoms with E-state index in [4.69, 9.17) is 0 Å². The molecule has 0 radical (unpaired) electrons. The second-order valence-electron chi connectivity index (χ2n) is 8.51. The van der Waals surface area contributed by atoms with Gasteiger partial charge in [0.15, 0.2) is 0 Å². The number of benzene rings is 4. The molecule has 144 valence electrons. The lowest BCUT2D eigenvalue weighted by Crippen LogP contribution is -2.10. The Bertz CT molecular complexity index is 1060. The molecule has 0 aliphatic heterocycles. The summed E-state index contributed by atoms with van der Waals surface area (Å²) >= 11 is 0. The third-order valence-electron chi connectivity index (χ3n) is 5.32. The van der Waals surface area contributed by atoms with Crippen LogP contribution in [0.2, 0.25) is 0 Å². The summed E-state index contributed by atoms with van der Waals surface area (Å²) in [5.41, 5.74) is 7.72. The van der Waals surface area contributed by atoms with Gasteiger partial charge in [-0.05, 0) is 69.1 Å². The summed E-state index contributed by atoms with van der Waals surface area (Å²) in [6, 6.07) is 33.3. The lowest BCUT2D eigenvalue weighted by Gasteiger charge is -2.21. The van der Waals surface area contributed by atoms with E-state index < -0.39 is 0 Å². The third-order valence-corrected chi connectivity index (χ3v) is 5.32. The quantitative estimate of drug-likeness (QED) is 0.387. The highest BCUT2D eigenvalue weighted by Crippen LogP contribution is 2.38. The van der Waals surface area contributed by atoms with Crippen LogP contribution in [-0.2, 0) is 5.41 Å². The smallest absolute Gasteiger partial charge is 0.123 e. The van der Waals surface area contributed by atoms with E-state index >= 15 is 0 Å². The fraction of sp³-hybridized carbons (Fsp3) is 0.143. The maximum atomic E-state index is 10.7. The monoisotopic (exact) mass is 378 g/mol. The molecule has 0 saturated heterocycles. The maximum absolute atomic E-state index is 10.7. The topological polar surface area (TPSA) is 20.2 Å². The highest BCUT2D eigenvalue weighted by atomic mass is 16.3. The van der Waals surface area contributed by atoms with E-state index in [1.165, 1.54) is 5.56 Å². The molecule has 1 heteroatoms. The highest BCUT2D eigenvalue weighted by molar-refractivity contribution is 5.83. The standard InChI is InChI=1S/C28H26O/c1-28(2,3)25-14-15-27(29)26(19-25)24-17-22(20-10-6-4-7-11-20)16-23(18-24)21-12-8-5-9-13-21/h4-19,29H,1-3H3. The van der Waals surface area contributed by atoms with E-state index in [1.807, 2.05) is 24.3 Å². The SMILES string of the molecule is CC(C)(C)c1ccc(O)c(-c2cc(-c3ccccc3)cc(-c3ccccc3)c2)c1. The fourth-order valence-corrected chi connectivity index (χ4v) is 3.61. The molecule has 4 rings (SSSR count). The van der Waals surface area contributed by atoms with Crippen LogP contribution in [0.1, 0.15) is 26.3 Å². The summed E-state index contributed by atoms with van der Waals surface area (Å²) in [4.78, 5) is 0. The Balaban J connectivity index is 1.94. The second kappa shape index (κ2) is 7.60. The van der Waals surface area contributed by atoms with Gasteiger partial charge >= 0.3 is 0 Å². The molecule has 0 fully saturated rings. The van der Waals surface area contributed by atoms with Crippen LogP contribution in [0.5, 0.6) is 5.75 Å². The zero-order chi connectivity index (χ0) is 20.4. The summed E-state index contributed by atoms with van der Waals surface area (Å²) < 4.78 is 0. The van der Waals surface area contributed by atoms with Crippen molar-refractivity contribution in [3.05, 3.63) is 103 Å². The van der Waals surface area contributed by atoms with Crippen molar-refractivity contribution in [3.63, 3.8) is 0 Å². The van der Waals surface area contributed by atoms with Crippen molar-refractivity contribution in [1.82, 2.24) is 0 Å². The summed E-state index contributed by atoms with van der Waals surface area (Å²) in [7, 11) is 0. The molecule has 0 atom stereocenters. The first-order chi connectivity index (χ1) is 13.9. The molecule has 0 heterocycles. The van der Waals surface area contributed by atoms with E-state index in [1.54, 1.807) is 0 Å². The van der Waals surface area contributed by atoms with Gasteiger partial charge in [0.2, 0.25) is 0 Å². The number of rotatable bonds is 3. The molecule has 0 amide bonds.